The second-order valence-electron chi connectivity index (χ2n) is 3.64. The minimum Gasteiger partial charge on any atom is -0.475 e. The number of rotatable bonds is 3. The summed E-state index contributed by atoms with van der Waals surface area (Å²) in [4.78, 5) is 19.6. The smallest absolute Gasteiger partial charge is 0.475 e. The lowest BCUT2D eigenvalue weighted by molar-refractivity contribution is -0.192. The van der Waals surface area contributed by atoms with Crippen molar-refractivity contribution in [2.45, 2.75) is 18.6 Å². The molecule has 0 radical (unpaired) electrons. The number of aliphatic carboxylic acids is 1. The molecule has 112 valence electrons. The molecule has 1 atom stereocenters. The zero-order valence-electron chi connectivity index (χ0n) is 10.0. The van der Waals surface area contributed by atoms with Crippen molar-refractivity contribution in [2.75, 3.05) is 0 Å². The molecular formula is C11H12F3IN2O3. The van der Waals surface area contributed by atoms with Crippen molar-refractivity contribution in [1.29, 1.82) is 0 Å². The van der Waals surface area contributed by atoms with Crippen LogP contribution in [-0.4, -0.2) is 29.2 Å². The number of nitrogens with two attached hydrogens (primary N) is 2. The van der Waals surface area contributed by atoms with Gasteiger partial charge in [-0.25, -0.2) is 4.79 Å². The summed E-state index contributed by atoms with van der Waals surface area (Å²) in [6.45, 7) is 0. The number of amides is 1. The van der Waals surface area contributed by atoms with Crippen LogP contribution < -0.4 is 11.5 Å². The molecule has 0 saturated carbocycles. The Bertz CT molecular complexity index is 463. The Morgan fingerprint density at radius 1 is 1.25 bits per heavy atom. The van der Waals surface area contributed by atoms with E-state index in [0.717, 1.165) is 9.13 Å². The molecule has 0 fully saturated rings. The second-order valence-corrected chi connectivity index (χ2v) is 4.89. The third kappa shape index (κ3) is 7.94. The summed E-state index contributed by atoms with van der Waals surface area (Å²) in [6, 6.07) is 7.27. The fourth-order valence-corrected chi connectivity index (χ4v) is 1.33. The lowest BCUT2D eigenvalue weighted by Crippen LogP contribution is -2.38. The molecule has 1 aromatic rings. The summed E-state index contributed by atoms with van der Waals surface area (Å²) in [6.07, 6.45) is -4.58. The van der Waals surface area contributed by atoms with Crippen LogP contribution in [0, 0.1) is 3.57 Å². The van der Waals surface area contributed by atoms with E-state index < -0.39 is 24.1 Å². The van der Waals surface area contributed by atoms with Gasteiger partial charge in [0.15, 0.2) is 0 Å². The molecule has 0 bridgehead atoms. The zero-order valence-corrected chi connectivity index (χ0v) is 12.2. The highest BCUT2D eigenvalue weighted by molar-refractivity contribution is 14.1. The molecule has 0 aliphatic carbocycles. The summed E-state index contributed by atoms with van der Waals surface area (Å²) in [7, 11) is 0. The molecule has 1 unspecified atom stereocenters. The van der Waals surface area contributed by atoms with Crippen molar-refractivity contribution in [2.24, 2.45) is 11.5 Å². The number of hydrogen-bond acceptors (Lipinski definition) is 3. The van der Waals surface area contributed by atoms with Gasteiger partial charge in [0.25, 0.3) is 0 Å². The maximum atomic E-state index is 10.7. The number of carboxylic acid groups (broad SMARTS) is 1. The fourth-order valence-electron chi connectivity index (χ4n) is 0.975. The lowest BCUT2D eigenvalue weighted by atomic mass is 10.1. The number of alkyl halides is 3. The summed E-state index contributed by atoms with van der Waals surface area (Å²) in [5, 5.41) is 7.12. The highest BCUT2D eigenvalue weighted by Gasteiger charge is 2.38. The normalized spacial score (nSPS) is 12.1. The number of carbonyl (C=O) groups excluding carboxylic acids is 1. The lowest BCUT2D eigenvalue weighted by Gasteiger charge is -2.06. The number of carbonyl (C=O) groups is 2. The quantitative estimate of drug-likeness (QED) is 0.660. The van der Waals surface area contributed by atoms with E-state index in [-0.39, 0.29) is 0 Å². The molecule has 0 spiro atoms. The predicted molar refractivity (Wildman–Crippen MR) is 73.7 cm³/mol. The first-order valence-electron chi connectivity index (χ1n) is 5.13. The molecule has 5 N–H and O–H groups in total. The van der Waals surface area contributed by atoms with E-state index in [0.29, 0.717) is 6.42 Å². The third-order valence-corrected chi connectivity index (χ3v) is 2.70. The molecule has 1 rings (SSSR count). The van der Waals surface area contributed by atoms with Gasteiger partial charge in [0, 0.05) is 3.57 Å². The Morgan fingerprint density at radius 2 is 1.65 bits per heavy atom. The van der Waals surface area contributed by atoms with Gasteiger partial charge in [-0.15, -0.1) is 0 Å². The Labute approximate surface area is 126 Å². The van der Waals surface area contributed by atoms with Crippen LogP contribution in [0.15, 0.2) is 24.3 Å². The Hall–Kier alpha value is -1.36. The van der Waals surface area contributed by atoms with E-state index in [1.165, 1.54) is 0 Å². The summed E-state index contributed by atoms with van der Waals surface area (Å²) in [5.74, 6) is -3.22. The molecule has 0 heterocycles. The van der Waals surface area contributed by atoms with Crippen LogP contribution >= 0.6 is 22.6 Å². The van der Waals surface area contributed by atoms with Crippen molar-refractivity contribution in [3.8, 4) is 0 Å². The van der Waals surface area contributed by atoms with Gasteiger partial charge in [-0.2, -0.15) is 13.2 Å². The van der Waals surface area contributed by atoms with Crippen LogP contribution in [0.25, 0.3) is 0 Å². The molecule has 1 aromatic carbocycles. The molecule has 5 nitrogen and oxygen atoms in total. The number of benzene rings is 1. The van der Waals surface area contributed by atoms with E-state index in [1.54, 1.807) is 0 Å². The number of primary amides is 1. The zero-order chi connectivity index (χ0) is 15.9. The molecule has 1 amide bonds. The molecule has 20 heavy (non-hydrogen) atoms. The number of halogens is 4. The van der Waals surface area contributed by atoms with Crippen molar-refractivity contribution in [3.63, 3.8) is 0 Å². The summed E-state index contributed by atoms with van der Waals surface area (Å²) >= 11 is 2.22. The van der Waals surface area contributed by atoms with Gasteiger partial charge in [-0.1, -0.05) is 12.1 Å². The second kappa shape index (κ2) is 8.04. The Kier molecular flexibility index (Phi) is 7.50. The molecule has 9 heteroatoms. The summed E-state index contributed by atoms with van der Waals surface area (Å²) < 4.78 is 32.9. The van der Waals surface area contributed by atoms with E-state index in [2.05, 4.69) is 22.6 Å². The van der Waals surface area contributed by atoms with Gasteiger partial charge in [0.1, 0.15) is 0 Å². The van der Waals surface area contributed by atoms with Crippen LogP contribution in [0.1, 0.15) is 5.56 Å². The molecule has 0 aromatic heterocycles. The maximum absolute atomic E-state index is 10.7. The standard InChI is InChI=1S/C9H11IN2O.C2HF3O2/c10-7-3-1-6(2-4-7)5-8(11)9(12)13;3-2(4,5)1(6)7/h1-4,8H,5,11H2,(H2,12,13);(H,6,7). The van der Waals surface area contributed by atoms with E-state index in [1.807, 2.05) is 24.3 Å². The highest BCUT2D eigenvalue weighted by atomic mass is 127. The molecule has 0 aliphatic heterocycles. The van der Waals surface area contributed by atoms with Gasteiger partial charge in [-0.05, 0) is 46.7 Å². The van der Waals surface area contributed by atoms with Crippen LogP contribution in [-0.2, 0) is 16.0 Å². The van der Waals surface area contributed by atoms with Crippen LogP contribution in [0.5, 0.6) is 0 Å². The van der Waals surface area contributed by atoms with E-state index >= 15 is 0 Å². The first-order chi connectivity index (χ1) is 9.04. The topological polar surface area (TPSA) is 106 Å². The minimum atomic E-state index is -5.08. The molecule has 0 aliphatic rings. The monoisotopic (exact) mass is 404 g/mol. The van der Waals surface area contributed by atoms with E-state index in [4.69, 9.17) is 21.4 Å². The van der Waals surface area contributed by atoms with Crippen molar-refractivity contribution >= 4 is 34.5 Å². The Balaban J connectivity index is 0.000000441. The third-order valence-electron chi connectivity index (χ3n) is 1.98. The number of carboxylic acids is 1. The predicted octanol–water partition coefficient (Wildman–Crippen LogP) is 1.28. The van der Waals surface area contributed by atoms with Crippen LogP contribution in [0.2, 0.25) is 0 Å². The molecular weight excluding hydrogens is 392 g/mol. The van der Waals surface area contributed by atoms with Crippen LogP contribution in [0.4, 0.5) is 13.2 Å². The van der Waals surface area contributed by atoms with Gasteiger partial charge < -0.3 is 16.6 Å². The van der Waals surface area contributed by atoms with Crippen molar-refractivity contribution in [3.05, 3.63) is 33.4 Å². The Morgan fingerprint density at radius 3 is 1.95 bits per heavy atom. The minimum absolute atomic E-state index is 0.460. The highest BCUT2D eigenvalue weighted by Crippen LogP contribution is 2.13. The SMILES string of the molecule is NC(=O)C(N)Cc1ccc(I)cc1.O=C(O)C(F)(F)F. The van der Waals surface area contributed by atoms with Gasteiger partial charge >= 0.3 is 12.1 Å². The first kappa shape index (κ1) is 18.6. The van der Waals surface area contributed by atoms with Gasteiger partial charge in [-0.3, -0.25) is 4.79 Å². The maximum Gasteiger partial charge on any atom is 0.490 e. The van der Waals surface area contributed by atoms with Gasteiger partial charge in [0.05, 0.1) is 6.04 Å². The number of hydrogen-bond donors (Lipinski definition) is 3. The average molecular weight is 404 g/mol. The van der Waals surface area contributed by atoms with Crippen molar-refractivity contribution in [1.82, 2.24) is 0 Å². The van der Waals surface area contributed by atoms with Crippen molar-refractivity contribution < 1.29 is 27.9 Å². The van der Waals surface area contributed by atoms with Crippen LogP contribution in [0.3, 0.4) is 0 Å². The van der Waals surface area contributed by atoms with Gasteiger partial charge in [0.2, 0.25) is 5.91 Å². The molecule has 0 saturated heterocycles. The first-order valence-corrected chi connectivity index (χ1v) is 6.21. The fraction of sp³-hybridized carbons (Fsp3) is 0.273. The average Bonchev–Trinajstić information content (AvgIpc) is 2.31. The summed E-state index contributed by atoms with van der Waals surface area (Å²) in [5.41, 5.74) is 11.6. The van der Waals surface area contributed by atoms with E-state index in [9.17, 15) is 18.0 Å². The largest absolute Gasteiger partial charge is 0.490 e.